The summed E-state index contributed by atoms with van der Waals surface area (Å²) in [4.78, 5) is 18.4. The number of aromatic nitrogens is 2. The van der Waals surface area contributed by atoms with E-state index in [1.165, 1.54) is 0 Å². The number of H-pyrrole nitrogens is 1. The lowest BCUT2D eigenvalue weighted by Crippen LogP contribution is -2.15. The average Bonchev–Trinajstić information content (AvgIpc) is 2.45. The Labute approximate surface area is 130 Å². The van der Waals surface area contributed by atoms with Crippen LogP contribution in [0.25, 0.3) is 0 Å². The number of ether oxygens (including phenoxy) is 1. The number of anilines is 1. The molecule has 0 atom stereocenters. The monoisotopic (exact) mass is 350 g/mol. The SMILES string of the molecule is COc1ccc(/C=N\Nc2nc(C)c(C)c(=O)[nH]2)cc1Br. The van der Waals surface area contributed by atoms with Crippen molar-refractivity contribution >= 4 is 28.1 Å². The highest BCUT2D eigenvalue weighted by molar-refractivity contribution is 9.10. The highest BCUT2D eigenvalue weighted by Crippen LogP contribution is 2.24. The lowest BCUT2D eigenvalue weighted by Gasteiger charge is -2.04. The van der Waals surface area contributed by atoms with Crippen LogP contribution in [0.15, 0.2) is 32.6 Å². The zero-order valence-electron chi connectivity index (χ0n) is 11.9. The maximum absolute atomic E-state index is 11.6. The number of methoxy groups -OCH3 is 1. The molecule has 0 aliphatic carbocycles. The van der Waals surface area contributed by atoms with Gasteiger partial charge in [0.05, 0.1) is 17.8 Å². The second-order valence-corrected chi connectivity index (χ2v) is 5.24. The maximum atomic E-state index is 11.6. The van der Waals surface area contributed by atoms with Gasteiger partial charge in [-0.2, -0.15) is 5.10 Å². The van der Waals surface area contributed by atoms with Crippen molar-refractivity contribution in [3.8, 4) is 5.75 Å². The highest BCUT2D eigenvalue weighted by atomic mass is 79.9. The number of hydrazone groups is 1. The van der Waals surface area contributed by atoms with Gasteiger partial charge >= 0.3 is 0 Å². The second kappa shape index (κ2) is 6.53. The molecular formula is C14H15BrN4O2. The van der Waals surface area contributed by atoms with E-state index in [1.54, 1.807) is 27.2 Å². The first kappa shape index (κ1) is 15.2. The molecule has 0 saturated heterocycles. The van der Waals surface area contributed by atoms with Crippen molar-refractivity contribution in [1.82, 2.24) is 9.97 Å². The molecule has 1 aromatic heterocycles. The number of benzene rings is 1. The third-order valence-corrected chi connectivity index (χ3v) is 3.57. The standard InChI is InChI=1S/C14H15BrN4O2/c1-8-9(2)17-14(18-13(8)20)19-16-7-10-4-5-12(21-3)11(15)6-10/h4-7H,1-3H3,(H2,17,18,19,20)/b16-7-. The third-order valence-electron chi connectivity index (χ3n) is 2.95. The van der Waals surface area contributed by atoms with Gasteiger partial charge in [0.25, 0.3) is 5.56 Å². The van der Waals surface area contributed by atoms with Crippen molar-refractivity contribution in [3.05, 3.63) is 49.8 Å². The summed E-state index contributed by atoms with van der Waals surface area (Å²) in [5, 5.41) is 4.05. The van der Waals surface area contributed by atoms with Gasteiger partial charge in [0, 0.05) is 11.3 Å². The Hall–Kier alpha value is -2.15. The van der Waals surface area contributed by atoms with Crippen LogP contribution in [0.5, 0.6) is 5.75 Å². The molecule has 110 valence electrons. The zero-order valence-corrected chi connectivity index (χ0v) is 13.5. The fraction of sp³-hybridized carbons (Fsp3) is 0.214. The first-order valence-corrected chi connectivity index (χ1v) is 7.00. The summed E-state index contributed by atoms with van der Waals surface area (Å²) in [5.74, 6) is 1.06. The van der Waals surface area contributed by atoms with Crippen LogP contribution in [-0.4, -0.2) is 23.3 Å². The molecule has 0 bridgehead atoms. The molecular weight excluding hydrogens is 336 g/mol. The first-order valence-electron chi connectivity index (χ1n) is 6.21. The molecule has 2 N–H and O–H groups in total. The zero-order chi connectivity index (χ0) is 15.4. The maximum Gasteiger partial charge on any atom is 0.255 e. The van der Waals surface area contributed by atoms with Crippen LogP contribution in [0.1, 0.15) is 16.8 Å². The minimum atomic E-state index is -0.174. The van der Waals surface area contributed by atoms with E-state index >= 15 is 0 Å². The Morgan fingerprint density at radius 1 is 1.43 bits per heavy atom. The van der Waals surface area contributed by atoms with Crippen molar-refractivity contribution in [1.29, 1.82) is 0 Å². The smallest absolute Gasteiger partial charge is 0.255 e. The molecule has 6 nitrogen and oxygen atoms in total. The molecule has 0 amide bonds. The van der Waals surface area contributed by atoms with Crippen molar-refractivity contribution in [2.24, 2.45) is 5.10 Å². The Bertz CT molecular complexity index is 740. The molecule has 0 spiro atoms. The second-order valence-electron chi connectivity index (χ2n) is 4.39. The van der Waals surface area contributed by atoms with Gasteiger partial charge in [-0.05, 0) is 53.5 Å². The first-order chi connectivity index (χ1) is 10.0. The van der Waals surface area contributed by atoms with Gasteiger partial charge in [-0.15, -0.1) is 0 Å². The molecule has 1 aromatic carbocycles. The van der Waals surface area contributed by atoms with E-state index in [0.29, 0.717) is 17.2 Å². The van der Waals surface area contributed by atoms with E-state index in [9.17, 15) is 4.79 Å². The van der Waals surface area contributed by atoms with Crippen LogP contribution in [0.4, 0.5) is 5.95 Å². The lowest BCUT2D eigenvalue weighted by atomic mass is 10.2. The van der Waals surface area contributed by atoms with Gasteiger partial charge in [-0.25, -0.2) is 10.4 Å². The van der Waals surface area contributed by atoms with Crippen molar-refractivity contribution in [2.75, 3.05) is 12.5 Å². The molecule has 0 saturated carbocycles. The molecule has 21 heavy (non-hydrogen) atoms. The summed E-state index contributed by atoms with van der Waals surface area (Å²) >= 11 is 3.40. The summed E-state index contributed by atoms with van der Waals surface area (Å²) in [6.45, 7) is 3.50. The van der Waals surface area contributed by atoms with E-state index in [4.69, 9.17) is 4.74 Å². The molecule has 2 rings (SSSR count). The molecule has 0 unspecified atom stereocenters. The summed E-state index contributed by atoms with van der Waals surface area (Å²) in [6, 6.07) is 5.58. The van der Waals surface area contributed by atoms with Crippen LogP contribution >= 0.6 is 15.9 Å². The number of hydrogen-bond acceptors (Lipinski definition) is 5. The molecule has 2 aromatic rings. The van der Waals surface area contributed by atoms with E-state index in [1.807, 2.05) is 18.2 Å². The fourth-order valence-corrected chi connectivity index (χ4v) is 2.19. The Morgan fingerprint density at radius 2 is 2.19 bits per heavy atom. The Kier molecular flexibility index (Phi) is 4.74. The molecule has 0 aliphatic rings. The van der Waals surface area contributed by atoms with Gasteiger partial charge in [0.2, 0.25) is 5.95 Å². The average molecular weight is 351 g/mol. The largest absolute Gasteiger partial charge is 0.496 e. The number of nitrogens with zero attached hydrogens (tertiary/aromatic N) is 2. The van der Waals surface area contributed by atoms with Crippen molar-refractivity contribution < 1.29 is 4.74 Å². The molecule has 0 aliphatic heterocycles. The number of aryl methyl sites for hydroxylation is 1. The molecule has 1 heterocycles. The summed E-state index contributed by atoms with van der Waals surface area (Å²) < 4.78 is 5.99. The van der Waals surface area contributed by atoms with E-state index in [0.717, 1.165) is 15.8 Å². The predicted molar refractivity (Wildman–Crippen MR) is 86.2 cm³/mol. The number of rotatable bonds is 4. The van der Waals surface area contributed by atoms with Gasteiger partial charge < -0.3 is 4.74 Å². The van der Waals surface area contributed by atoms with E-state index < -0.39 is 0 Å². The van der Waals surface area contributed by atoms with Crippen LogP contribution < -0.4 is 15.7 Å². The summed E-state index contributed by atoms with van der Waals surface area (Å²) in [5.41, 5.74) is 4.68. The van der Waals surface area contributed by atoms with Crippen molar-refractivity contribution in [2.45, 2.75) is 13.8 Å². The van der Waals surface area contributed by atoms with Gasteiger partial charge in [-0.1, -0.05) is 0 Å². The molecule has 0 fully saturated rings. The quantitative estimate of drug-likeness (QED) is 0.656. The Balaban J connectivity index is 2.12. The molecule has 7 heteroatoms. The van der Waals surface area contributed by atoms with Crippen LogP contribution in [0.3, 0.4) is 0 Å². The predicted octanol–water partition coefficient (Wildman–Crippen LogP) is 2.60. The fourth-order valence-electron chi connectivity index (χ4n) is 1.63. The normalized spacial score (nSPS) is 10.9. The number of halogens is 1. The van der Waals surface area contributed by atoms with Gasteiger partial charge in [0.1, 0.15) is 5.75 Å². The summed E-state index contributed by atoms with van der Waals surface area (Å²) in [7, 11) is 1.61. The number of aromatic amines is 1. The topological polar surface area (TPSA) is 79.4 Å². The highest BCUT2D eigenvalue weighted by Gasteiger charge is 2.02. The minimum absolute atomic E-state index is 0.174. The van der Waals surface area contributed by atoms with Crippen LogP contribution in [0.2, 0.25) is 0 Å². The van der Waals surface area contributed by atoms with Crippen molar-refractivity contribution in [3.63, 3.8) is 0 Å². The van der Waals surface area contributed by atoms with Crippen LogP contribution in [0, 0.1) is 13.8 Å². The van der Waals surface area contributed by atoms with Gasteiger partial charge in [0.15, 0.2) is 0 Å². The molecule has 0 radical (unpaired) electrons. The Morgan fingerprint density at radius 3 is 2.81 bits per heavy atom. The third kappa shape index (κ3) is 3.69. The lowest BCUT2D eigenvalue weighted by molar-refractivity contribution is 0.412. The summed E-state index contributed by atoms with van der Waals surface area (Å²) in [6.07, 6.45) is 1.62. The van der Waals surface area contributed by atoms with E-state index in [2.05, 4.69) is 36.4 Å². The minimum Gasteiger partial charge on any atom is -0.496 e. The van der Waals surface area contributed by atoms with Crippen LogP contribution in [-0.2, 0) is 0 Å². The van der Waals surface area contributed by atoms with E-state index in [-0.39, 0.29) is 5.56 Å². The number of hydrogen-bond donors (Lipinski definition) is 2. The number of nitrogens with one attached hydrogen (secondary N) is 2. The van der Waals surface area contributed by atoms with Gasteiger partial charge in [-0.3, -0.25) is 9.78 Å².